The van der Waals surface area contributed by atoms with Gasteiger partial charge in [-0.25, -0.2) is 9.07 Å². The van der Waals surface area contributed by atoms with Crippen LogP contribution in [-0.2, 0) is 11.3 Å². The van der Waals surface area contributed by atoms with Crippen LogP contribution in [0.5, 0.6) is 0 Å². The van der Waals surface area contributed by atoms with E-state index in [1.165, 1.54) is 12.1 Å². The Morgan fingerprint density at radius 2 is 2.25 bits per heavy atom. The Morgan fingerprint density at radius 3 is 3.00 bits per heavy atom. The van der Waals surface area contributed by atoms with E-state index in [9.17, 15) is 9.18 Å². The quantitative estimate of drug-likeness (QED) is 0.785. The summed E-state index contributed by atoms with van der Waals surface area (Å²) in [5.41, 5.74) is 1.57. The lowest BCUT2D eigenvalue weighted by Crippen LogP contribution is -2.25. The van der Waals surface area contributed by atoms with Gasteiger partial charge in [0.05, 0.1) is 12.5 Å². The Bertz CT molecular complexity index is 905. The van der Waals surface area contributed by atoms with E-state index < -0.39 is 5.82 Å². The fourth-order valence-corrected chi connectivity index (χ4v) is 3.30. The van der Waals surface area contributed by atoms with Gasteiger partial charge < -0.3 is 9.73 Å². The fraction of sp³-hybridized carbons (Fsp3) is 0.176. The minimum atomic E-state index is -0.405. The predicted octanol–water partition coefficient (Wildman–Crippen LogP) is 3.79. The zero-order valence-corrected chi connectivity index (χ0v) is 13.3. The monoisotopic (exact) mass is 345 g/mol. The second-order valence-electron chi connectivity index (χ2n) is 5.66. The lowest BCUT2D eigenvalue weighted by atomic mass is 9.87. The molecule has 1 amide bonds. The topological polar surface area (TPSA) is 60.1 Å². The van der Waals surface area contributed by atoms with Crippen LogP contribution in [0.3, 0.4) is 0 Å². The molecule has 5 nitrogen and oxygen atoms in total. The summed E-state index contributed by atoms with van der Waals surface area (Å²) in [4.78, 5) is 12.1. The summed E-state index contributed by atoms with van der Waals surface area (Å²) in [5.74, 6) is 0.559. The van der Waals surface area contributed by atoms with E-state index in [1.807, 2.05) is 6.07 Å². The van der Waals surface area contributed by atoms with Crippen LogP contribution >= 0.6 is 11.6 Å². The second-order valence-corrected chi connectivity index (χ2v) is 6.06. The molecule has 7 heteroatoms. The summed E-state index contributed by atoms with van der Waals surface area (Å²) >= 11 is 6.19. The number of benzene rings is 1. The molecule has 0 unspecified atom stereocenters. The first kappa shape index (κ1) is 15.0. The Balaban J connectivity index is 1.75. The lowest BCUT2D eigenvalue weighted by Gasteiger charge is -2.24. The standard InChI is InChI=1S/C17H13ClFN3O2/c18-15-6-10(19)3-4-12(15)13-7-16(23)21-17-14(13)8-20-22(17)9-11-2-1-5-24-11/h1-6,8,13H,7,9H2,(H,21,23)/t13-/m0/s1. The largest absolute Gasteiger partial charge is 0.467 e. The smallest absolute Gasteiger partial charge is 0.226 e. The van der Waals surface area contributed by atoms with Crippen molar-refractivity contribution in [3.63, 3.8) is 0 Å². The van der Waals surface area contributed by atoms with Crippen molar-refractivity contribution in [3.8, 4) is 0 Å². The third-order valence-electron chi connectivity index (χ3n) is 4.11. The summed E-state index contributed by atoms with van der Waals surface area (Å²) in [7, 11) is 0. The molecule has 0 saturated heterocycles. The maximum atomic E-state index is 13.3. The van der Waals surface area contributed by atoms with E-state index in [4.69, 9.17) is 16.0 Å². The number of carbonyl (C=O) groups is 1. The number of carbonyl (C=O) groups excluding carboxylic acids is 1. The molecular formula is C17H13ClFN3O2. The number of nitrogens with one attached hydrogen (secondary N) is 1. The average Bonchev–Trinajstić information content (AvgIpc) is 3.18. The predicted molar refractivity (Wildman–Crippen MR) is 86.5 cm³/mol. The Hall–Kier alpha value is -2.60. The van der Waals surface area contributed by atoms with Crippen molar-refractivity contribution >= 4 is 23.3 Å². The number of halogens is 2. The number of aromatic nitrogens is 2. The Morgan fingerprint density at radius 1 is 1.38 bits per heavy atom. The summed E-state index contributed by atoms with van der Waals surface area (Å²) in [5, 5.41) is 7.51. The van der Waals surface area contributed by atoms with Gasteiger partial charge in [-0.15, -0.1) is 0 Å². The van der Waals surface area contributed by atoms with Crippen LogP contribution in [0.2, 0.25) is 5.02 Å². The SMILES string of the molecule is O=C1C[C@@H](c2ccc(F)cc2Cl)c2cnn(Cc3ccco3)c2N1. The first-order valence-corrected chi connectivity index (χ1v) is 7.82. The van der Waals surface area contributed by atoms with Gasteiger partial charge in [0.15, 0.2) is 0 Å². The van der Waals surface area contributed by atoms with Crippen molar-refractivity contribution in [2.24, 2.45) is 0 Å². The van der Waals surface area contributed by atoms with E-state index in [0.717, 1.165) is 11.3 Å². The number of rotatable bonds is 3. The fourth-order valence-electron chi connectivity index (χ4n) is 3.00. The molecule has 3 heterocycles. The minimum Gasteiger partial charge on any atom is -0.467 e. The summed E-state index contributed by atoms with van der Waals surface area (Å²) in [6.07, 6.45) is 3.54. The molecule has 0 spiro atoms. The van der Waals surface area contributed by atoms with Crippen molar-refractivity contribution in [3.05, 3.63) is 70.5 Å². The van der Waals surface area contributed by atoms with Gasteiger partial charge in [0.1, 0.15) is 23.9 Å². The number of hydrogen-bond donors (Lipinski definition) is 1. The first-order chi connectivity index (χ1) is 11.6. The molecule has 1 aliphatic rings. The third-order valence-corrected chi connectivity index (χ3v) is 4.44. The van der Waals surface area contributed by atoms with Gasteiger partial charge in [-0.2, -0.15) is 5.10 Å². The Kier molecular flexibility index (Phi) is 3.61. The van der Waals surface area contributed by atoms with Crippen LogP contribution in [0.4, 0.5) is 10.2 Å². The van der Waals surface area contributed by atoms with Gasteiger partial charge in [0, 0.05) is 22.9 Å². The van der Waals surface area contributed by atoms with Gasteiger partial charge in [-0.1, -0.05) is 17.7 Å². The highest BCUT2D eigenvalue weighted by Crippen LogP contribution is 2.40. The number of nitrogens with zero attached hydrogens (tertiary/aromatic N) is 2. The third kappa shape index (κ3) is 2.59. The highest BCUT2D eigenvalue weighted by atomic mass is 35.5. The van der Waals surface area contributed by atoms with E-state index in [-0.39, 0.29) is 18.2 Å². The lowest BCUT2D eigenvalue weighted by molar-refractivity contribution is -0.116. The minimum absolute atomic E-state index is 0.130. The van der Waals surface area contributed by atoms with Crippen LogP contribution in [0.25, 0.3) is 0 Å². The van der Waals surface area contributed by atoms with Crippen molar-refractivity contribution in [2.75, 3.05) is 5.32 Å². The van der Waals surface area contributed by atoms with Crippen molar-refractivity contribution in [1.29, 1.82) is 0 Å². The maximum Gasteiger partial charge on any atom is 0.226 e. The number of hydrogen-bond acceptors (Lipinski definition) is 3. The Labute approximate surface area is 142 Å². The number of fused-ring (bicyclic) bond motifs is 1. The number of anilines is 1. The van der Waals surface area contributed by atoms with Crippen LogP contribution in [0.15, 0.2) is 47.2 Å². The van der Waals surface area contributed by atoms with Gasteiger partial charge in [-0.3, -0.25) is 4.79 Å². The molecule has 2 aromatic heterocycles. The zero-order chi connectivity index (χ0) is 16.7. The molecular weight excluding hydrogens is 333 g/mol. The van der Waals surface area contributed by atoms with Crippen molar-refractivity contribution in [1.82, 2.24) is 9.78 Å². The van der Waals surface area contributed by atoms with Gasteiger partial charge in [0.2, 0.25) is 5.91 Å². The van der Waals surface area contributed by atoms with Crippen molar-refractivity contribution in [2.45, 2.75) is 18.9 Å². The average molecular weight is 346 g/mol. The molecule has 0 aliphatic carbocycles. The van der Waals surface area contributed by atoms with Crippen LogP contribution in [-0.4, -0.2) is 15.7 Å². The summed E-state index contributed by atoms with van der Waals surface area (Å²) in [6, 6.07) is 7.86. The van der Waals surface area contributed by atoms with Gasteiger partial charge in [-0.05, 0) is 29.8 Å². The van der Waals surface area contributed by atoms with Crippen LogP contribution < -0.4 is 5.32 Å². The van der Waals surface area contributed by atoms with E-state index in [0.29, 0.717) is 22.9 Å². The van der Waals surface area contributed by atoms with Gasteiger partial charge >= 0.3 is 0 Å². The molecule has 0 radical (unpaired) electrons. The summed E-state index contributed by atoms with van der Waals surface area (Å²) < 4.78 is 20.3. The molecule has 4 rings (SSSR count). The highest BCUT2D eigenvalue weighted by Gasteiger charge is 2.31. The maximum absolute atomic E-state index is 13.3. The van der Waals surface area contributed by atoms with Crippen molar-refractivity contribution < 1.29 is 13.6 Å². The molecule has 0 saturated carbocycles. The van der Waals surface area contributed by atoms with E-state index in [1.54, 1.807) is 29.3 Å². The highest BCUT2D eigenvalue weighted by molar-refractivity contribution is 6.31. The zero-order valence-electron chi connectivity index (χ0n) is 12.5. The molecule has 122 valence electrons. The molecule has 1 aliphatic heterocycles. The first-order valence-electron chi connectivity index (χ1n) is 7.44. The molecule has 1 aromatic carbocycles. The molecule has 24 heavy (non-hydrogen) atoms. The van der Waals surface area contributed by atoms with Crippen LogP contribution in [0, 0.1) is 5.82 Å². The number of amides is 1. The van der Waals surface area contributed by atoms with Gasteiger partial charge in [0.25, 0.3) is 0 Å². The normalized spacial score (nSPS) is 16.8. The van der Waals surface area contributed by atoms with E-state index >= 15 is 0 Å². The molecule has 3 aromatic rings. The summed E-state index contributed by atoms with van der Waals surface area (Å²) in [6.45, 7) is 0.409. The van der Waals surface area contributed by atoms with E-state index in [2.05, 4.69) is 10.4 Å². The molecule has 0 bridgehead atoms. The molecule has 1 N–H and O–H groups in total. The molecule has 0 fully saturated rings. The van der Waals surface area contributed by atoms with Crippen LogP contribution in [0.1, 0.15) is 29.2 Å². The molecule has 1 atom stereocenters. The number of furan rings is 1. The second kappa shape index (κ2) is 5.79.